The van der Waals surface area contributed by atoms with E-state index in [1.165, 1.54) is 24.8 Å². The minimum Gasteiger partial charge on any atom is -0.366 e. The van der Waals surface area contributed by atoms with Gasteiger partial charge in [-0.3, -0.25) is 9.69 Å². The van der Waals surface area contributed by atoms with Gasteiger partial charge in [-0.1, -0.05) is 50.1 Å². The molecule has 4 heteroatoms. The van der Waals surface area contributed by atoms with Crippen molar-refractivity contribution in [2.75, 3.05) is 19.7 Å². The van der Waals surface area contributed by atoms with Crippen molar-refractivity contribution in [3.05, 3.63) is 35.9 Å². The Bertz CT molecular complexity index is 505. The summed E-state index contributed by atoms with van der Waals surface area (Å²) in [4.78, 5) is 14.9. The predicted octanol–water partition coefficient (Wildman–Crippen LogP) is 2.58. The van der Waals surface area contributed by atoms with Crippen molar-refractivity contribution in [2.45, 2.75) is 51.3 Å². The van der Waals surface area contributed by atoms with Gasteiger partial charge in [-0.15, -0.1) is 0 Å². The molecule has 23 heavy (non-hydrogen) atoms. The molecule has 1 aliphatic heterocycles. The molecule has 1 amide bonds. The number of amides is 1. The lowest BCUT2D eigenvalue weighted by Gasteiger charge is -2.35. The van der Waals surface area contributed by atoms with E-state index in [1.807, 2.05) is 6.07 Å². The Hall–Kier alpha value is -1.39. The van der Waals surface area contributed by atoms with Crippen LogP contribution in [0.1, 0.15) is 38.2 Å². The van der Waals surface area contributed by atoms with Crippen LogP contribution in [-0.2, 0) is 16.1 Å². The first kappa shape index (κ1) is 16.5. The largest absolute Gasteiger partial charge is 0.366 e. The van der Waals surface area contributed by atoms with E-state index in [1.54, 1.807) is 0 Å². The molecular weight excluding hydrogens is 288 g/mol. The predicted molar refractivity (Wildman–Crippen MR) is 91.0 cm³/mol. The van der Waals surface area contributed by atoms with Crippen LogP contribution in [0.3, 0.4) is 0 Å². The standard InChI is InChI=1S/C19H28N2O2/c1-15-7-5-6-10-17(15)20-19(22)18-14-21(11-12-23-18)13-16-8-3-2-4-9-16/h2-4,8-9,15,17-18H,5-7,10-14H2,1H3,(H,20,22). The second kappa shape index (κ2) is 7.93. The number of benzene rings is 1. The van der Waals surface area contributed by atoms with E-state index in [-0.39, 0.29) is 12.0 Å². The quantitative estimate of drug-likeness (QED) is 0.928. The van der Waals surface area contributed by atoms with Gasteiger partial charge >= 0.3 is 0 Å². The molecule has 1 aromatic carbocycles. The second-order valence-corrected chi connectivity index (χ2v) is 6.96. The summed E-state index contributed by atoms with van der Waals surface area (Å²) in [6, 6.07) is 10.7. The molecule has 0 radical (unpaired) electrons. The molecule has 1 N–H and O–H groups in total. The third-order valence-corrected chi connectivity index (χ3v) is 5.13. The number of rotatable bonds is 4. The lowest BCUT2D eigenvalue weighted by atomic mass is 9.86. The summed E-state index contributed by atoms with van der Waals surface area (Å²) in [6.07, 6.45) is 4.50. The summed E-state index contributed by atoms with van der Waals surface area (Å²) in [7, 11) is 0. The molecule has 0 spiro atoms. The normalized spacial score (nSPS) is 29.2. The molecule has 1 saturated heterocycles. The first-order chi connectivity index (χ1) is 11.2. The number of hydrogen-bond donors (Lipinski definition) is 1. The van der Waals surface area contributed by atoms with E-state index in [0.717, 1.165) is 19.5 Å². The fourth-order valence-corrected chi connectivity index (χ4v) is 3.65. The maximum absolute atomic E-state index is 12.5. The van der Waals surface area contributed by atoms with Gasteiger partial charge in [0.05, 0.1) is 6.61 Å². The van der Waals surface area contributed by atoms with E-state index in [9.17, 15) is 4.79 Å². The Morgan fingerprint density at radius 2 is 2.04 bits per heavy atom. The Labute approximate surface area is 139 Å². The summed E-state index contributed by atoms with van der Waals surface area (Å²) >= 11 is 0. The molecule has 3 unspecified atom stereocenters. The van der Waals surface area contributed by atoms with Gasteiger partial charge in [-0.05, 0) is 24.3 Å². The van der Waals surface area contributed by atoms with Crippen LogP contribution in [-0.4, -0.2) is 42.6 Å². The average Bonchev–Trinajstić information content (AvgIpc) is 2.58. The second-order valence-electron chi connectivity index (χ2n) is 6.96. The van der Waals surface area contributed by atoms with Crippen molar-refractivity contribution in [1.29, 1.82) is 0 Å². The summed E-state index contributed by atoms with van der Waals surface area (Å²) in [5.41, 5.74) is 1.29. The molecule has 1 heterocycles. The number of morpholine rings is 1. The highest BCUT2D eigenvalue weighted by atomic mass is 16.5. The third-order valence-electron chi connectivity index (χ3n) is 5.13. The zero-order chi connectivity index (χ0) is 16.1. The summed E-state index contributed by atoms with van der Waals surface area (Å²) in [6.45, 7) is 5.33. The fraction of sp³-hybridized carbons (Fsp3) is 0.632. The summed E-state index contributed by atoms with van der Waals surface area (Å²) < 4.78 is 5.73. The highest BCUT2D eigenvalue weighted by Gasteiger charge is 2.30. The van der Waals surface area contributed by atoms with Crippen molar-refractivity contribution >= 4 is 5.91 Å². The van der Waals surface area contributed by atoms with E-state index in [2.05, 4.69) is 41.4 Å². The SMILES string of the molecule is CC1CCCCC1NC(=O)C1CN(Cc2ccccc2)CCO1. The van der Waals surface area contributed by atoms with Crippen LogP contribution in [0, 0.1) is 5.92 Å². The van der Waals surface area contributed by atoms with Gasteiger partial charge in [0, 0.05) is 25.7 Å². The van der Waals surface area contributed by atoms with E-state index < -0.39 is 0 Å². The van der Waals surface area contributed by atoms with Gasteiger partial charge in [-0.2, -0.15) is 0 Å². The maximum atomic E-state index is 12.5. The van der Waals surface area contributed by atoms with Gasteiger partial charge in [0.25, 0.3) is 5.91 Å². The lowest BCUT2D eigenvalue weighted by molar-refractivity contribution is -0.140. The molecule has 126 valence electrons. The number of carbonyl (C=O) groups is 1. The van der Waals surface area contributed by atoms with Crippen LogP contribution in [0.4, 0.5) is 0 Å². The zero-order valence-electron chi connectivity index (χ0n) is 14.0. The van der Waals surface area contributed by atoms with Gasteiger partial charge in [0.15, 0.2) is 0 Å². The molecule has 1 aromatic rings. The summed E-state index contributed by atoms with van der Waals surface area (Å²) in [5, 5.41) is 3.23. The molecule has 2 aliphatic rings. The molecule has 1 aliphatic carbocycles. The highest BCUT2D eigenvalue weighted by Crippen LogP contribution is 2.24. The van der Waals surface area contributed by atoms with E-state index in [4.69, 9.17) is 4.74 Å². The third kappa shape index (κ3) is 4.55. The van der Waals surface area contributed by atoms with Crippen molar-refractivity contribution in [1.82, 2.24) is 10.2 Å². The molecular formula is C19H28N2O2. The number of nitrogens with zero attached hydrogens (tertiary/aromatic N) is 1. The number of hydrogen-bond acceptors (Lipinski definition) is 3. The van der Waals surface area contributed by atoms with Crippen LogP contribution in [0.2, 0.25) is 0 Å². The molecule has 0 bridgehead atoms. The van der Waals surface area contributed by atoms with E-state index in [0.29, 0.717) is 25.1 Å². The van der Waals surface area contributed by atoms with Crippen LogP contribution in [0.25, 0.3) is 0 Å². The minimum absolute atomic E-state index is 0.0708. The first-order valence-electron chi connectivity index (χ1n) is 8.90. The Morgan fingerprint density at radius 1 is 1.26 bits per heavy atom. The van der Waals surface area contributed by atoms with Crippen molar-refractivity contribution in [2.24, 2.45) is 5.92 Å². The molecule has 0 aromatic heterocycles. The smallest absolute Gasteiger partial charge is 0.250 e. The number of nitrogens with one attached hydrogen (secondary N) is 1. The van der Waals surface area contributed by atoms with Gasteiger partial charge < -0.3 is 10.1 Å². The topological polar surface area (TPSA) is 41.6 Å². The molecule has 1 saturated carbocycles. The Balaban J connectivity index is 1.52. The van der Waals surface area contributed by atoms with E-state index >= 15 is 0 Å². The zero-order valence-corrected chi connectivity index (χ0v) is 14.0. The number of ether oxygens (including phenoxy) is 1. The lowest BCUT2D eigenvalue weighted by Crippen LogP contribution is -2.52. The fourth-order valence-electron chi connectivity index (χ4n) is 3.65. The van der Waals surface area contributed by atoms with Crippen LogP contribution < -0.4 is 5.32 Å². The molecule has 3 atom stereocenters. The van der Waals surface area contributed by atoms with Crippen molar-refractivity contribution in [3.8, 4) is 0 Å². The summed E-state index contributed by atoms with van der Waals surface area (Å²) in [5.74, 6) is 0.651. The molecule has 3 rings (SSSR count). The van der Waals surface area contributed by atoms with Gasteiger partial charge in [-0.25, -0.2) is 0 Å². The maximum Gasteiger partial charge on any atom is 0.250 e. The molecule has 4 nitrogen and oxygen atoms in total. The van der Waals surface area contributed by atoms with Gasteiger partial charge in [0.2, 0.25) is 0 Å². The first-order valence-corrected chi connectivity index (χ1v) is 8.90. The molecule has 2 fully saturated rings. The van der Waals surface area contributed by atoms with Crippen molar-refractivity contribution in [3.63, 3.8) is 0 Å². The van der Waals surface area contributed by atoms with Gasteiger partial charge in [0.1, 0.15) is 6.10 Å². The Kier molecular flexibility index (Phi) is 5.68. The van der Waals surface area contributed by atoms with Crippen LogP contribution >= 0.6 is 0 Å². The minimum atomic E-state index is -0.332. The van der Waals surface area contributed by atoms with Crippen molar-refractivity contribution < 1.29 is 9.53 Å². The average molecular weight is 316 g/mol. The van der Waals surface area contributed by atoms with Crippen LogP contribution in [0.15, 0.2) is 30.3 Å². The van der Waals surface area contributed by atoms with Crippen LogP contribution in [0.5, 0.6) is 0 Å². The monoisotopic (exact) mass is 316 g/mol. The highest BCUT2D eigenvalue weighted by molar-refractivity contribution is 5.81. The Morgan fingerprint density at radius 3 is 2.83 bits per heavy atom. The number of carbonyl (C=O) groups excluding carboxylic acids is 1.